The Hall–Kier alpha value is 0.350. The highest BCUT2D eigenvalue weighted by molar-refractivity contribution is 8.04. The lowest BCUT2D eigenvalue weighted by Gasteiger charge is -1.73. The average Bonchev–Trinajstić information content (AvgIpc) is 2.40. The third kappa shape index (κ3) is 0.883. The van der Waals surface area contributed by atoms with Gasteiger partial charge in [0.05, 0.1) is 6.26 Å². The molecule has 1 fully saturated rings. The van der Waals surface area contributed by atoms with Crippen LogP contribution in [0.15, 0.2) is 0 Å². The third-order valence-corrected chi connectivity index (χ3v) is 5.02. The normalized spacial score (nSPS) is 44.6. The Labute approximate surface area is 55.0 Å². The van der Waals surface area contributed by atoms with Crippen LogP contribution in [0.4, 0.5) is 0 Å². The Morgan fingerprint density at radius 3 is 1.62 bits per heavy atom. The molecule has 1 heterocycles. The Kier molecular flexibility index (Phi) is 1.86. The highest BCUT2D eigenvalue weighted by Gasteiger charge is 2.56. The number of hydrogen-bond donors (Lipinski definition) is 0. The first-order valence-electron chi connectivity index (χ1n) is 3.44. The summed E-state index contributed by atoms with van der Waals surface area (Å²) in [6, 6.07) is 0. The maximum Gasteiger partial charge on any atom is 0.165 e. The highest BCUT2D eigenvalue weighted by Crippen LogP contribution is 2.37. The van der Waals surface area contributed by atoms with Gasteiger partial charge in [0.25, 0.3) is 0 Å². The molecule has 0 saturated carbocycles. The van der Waals surface area contributed by atoms with Gasteiger partial charge < -0.3 is 0 Å². The quantitative estimate of drug-likeness (QED) is 0.396. The smallest absolute Gasteiger partial charge is 0.0604 e. The van der Waals surface area contributed by atoms with Crippen LogP contribution >= 0.6 is 0 Å². The zero-order valence-corrected chi connectivity index (χ0v) is 6.79. The summed E-state index contributed by atoms with van der Waals surface area (Å²) in [4.78, 5) is 0. The first kappa shape index (κ1) is 6.47. The van der Waals surface area contributed by atoms with E-state index in [0.29, 0.717) is 0 Å². The number of hydrogen-bond acceptors (Lipinski definition) is 0. The van der Waals surface area contributed by atoms with Gasteiger partial charge in [-0.25, -0.2) is 0 Å². The first-order valence-corrected chi connectivity index (χ1v) is 5.20. The Morgan fingerprint density at radius 1 is 1.12 bits per heavy atom. The van der Waals surface area contributed by atoms with Crippen molar-refractivity contribution < 1.29 is 0 Å². The van der Waals surface area contributed by atoms with Crippen molar-refractivity contribution in [2.45, 2.75) is 37.2 Å². The van der Waals surface area contributed by atoms with E-state index in [1.807, 2.05) is 0 Å². The van der Waals surface area contributed by atoms with Gasteiger partial charge in [0.1, 0.15) is 0 Å². The van der Waals surface area contributed by atoms with Crippen molar-refractivity contribution >= 4 is 10.9 Å². The number of rotatable bonds is 2. The van der Waals surface area contributed by atoms with Crippen molar-refractivity contribution in [3.63, 3.8) is 0 Å². The first-order chi connectivity index (χ1) is 3.81. The van der Waals surface area contributed by atoms with Crippen LogP contribution in [0.3, 0.4) is 0 Å². The van der Waals surface area contributed by atoms with Crippen molar-refractivity contribution in [3.8, 4) is 0 Å². The van der Waals surface area contributed by atoms with Gasteiger partial charge in [0.2, 0.25) is 0 Å². The van der Waals surface area contributed by atoms with Crippen molar-refractivity contribution in [1.29, 1.82) is 0 Å². The van der Waals surface area contributed by atoms with Crippen LogP contribution in [-0.4, -0.2) is 16.8 Å². The summed E-state index contributed by atoms with van der Waals surface area (Å²) in [5.41, 5.74) is 0. The van der Waals surface area contributed by atoms with Gasteiger partial charge in [-0.2, -0.15) is 0 Å². The summed E-state index contributed by atoms with van der Waals surface area (Å²) < 4.78 is 0. The van der Waals surface area contributed by atoms with Crippen molar-refractivity contribution in [2.24, 2.45) is 0 Å². The van der Waals surface area contributed by atoms with Crippen LogP contribution in [0.5, 0.6) is 0 Å². The van der Waals surface area contributed by atoms with Crippen LogP contribution in [0.25, 0.3) is 0 Å². The van der Waals surface area contributed by atoms with Gasteiger partial charge in [-0.05, 0) is 12.8 Å². The molecule has 2 unspecified atom stereocenters. The molecule has 2 atom stereocenters. The maximum absolute atomic E-state index is 2.41. The molecule has 8 heavy (non-hydrogen) atoms. The minimum Gasteiger partial charge on any atom is -0.0604 e. The summed E-state index contributed by atoms with van der Waals surface area (Å²) in [5, 5.41) is 2.22. The molecule has 0 spiro atoms. The zero-order chi connectivity index (χ0) is 6.15. The molecule has 1 rings (SSSR count). The molecule has 1 heteroatoms. The van der Waals surface area contributed by atoms with Gasteiger partial charge in [0.15, 0.2) is 10.5 Å². The van der Waals surface area contributed by atoms with E-state index in [9.17, 15) is 0 Å². The summed E-state index contributed by atoms with van der Waals surface area (Å²) in [7, 11) is 0.813. The van der Waals surface area contributed by atoms with Crippen LogP contribution in [0.1, 0.15) is 26.7 Å². The fourth-order valence-electron chi connectivity index (χ4n) is 1.48. The second-order valence-electron chi connectivity index (χ2n) is 2.50. The van der Waals surface area contributed by atoms with Gasteiger partial charge in [0, 0.05) is 10.9 Å². The SMILES string of the molecule is CCC1C(CC)[S+]1C. The Morgan fingerprint density at radius 2 is 1.50 bits per heavy atom. The molecule has 0 aromatic carbocycles. The van der Waals surface area contributed by atoms with Gasteiger partial charge in [-0.1, -0.05) is 13.8 Å². The monoisotopic (exact) mass is 131 g/mol. The second-order valence-corrected chi connectivity index (χ2v) is 4.93. The van der Waals surface area contributed by atoms with Gasteiger partial charge >= 0.3 is 0 Å². The maximum atomic E-state index is 2.41. The molecule has 1 aliphatic rings. The molecule has 1 aliphatic heterocycles. The van der Waals surface area contributed by atoms with E-state index in [1.54, 1.807) is 0 Å². The molecule has 48 valence electrons. The summed E-state index contributed by atoms with van der Waals surface area (Å²) in [6.07, 6.45) is 5.23. The Bertz CT molecular complexity index is 70.5. The van der Waals surface area contributed by atoms with E-state index in [1.165, 1.54) is 12.8 Å². The van der Waals surface area contributed by atoms with Gasteiger partial charge in [-0.15, -0.1) is 0 Å². The van der Waals surface area contributed by atoms with Crippen molar-refractivity contribution in [2.75, 3.05) is 6.26 Å². The second kappa shape index (κ2) is 2.30. The third-order valence-electron chi connectivity index (χ3n) is 2.10. The molecule has 0 bridgehead atoms. The Balaban J connectivity index is 2.23. The topological polar surface area (TPSA) is 0 Å². The molecule has 0 amide bonds. The fraction of sp³-hybridized carbons (Fsp3) is 1.00. The average molecular weight is 131 g/mol. The molecular formula is C7H15S+. The molecular weight excluding hydrogens is 116 g/mol. The molecule has 1 saturated heterocycles. The van der Waals surface area contributed by atoms with E-state index in [4.69, 9.17) is 0 Å². The van der Waals surface area contributed by atoms with Crippen molar-refractivity contribution in [1.82, 2.24) is 0 Å². The summed E-state index contributed by atoms with van der Waals surface area (Å²) in [5.74, 6) is 0. The molecule has 0 aliphatic carbocycles. The van der Waals surface area contributed by atoms with Crippen LogP contribution in [0, 0.1) is 0 Å². The zero-order valence-electron chi connectivity index (χ0n) is 5.98. The van der Waals surface area contributed by atoms with E-state index >= 15 is 0 Å². The summed E-state index contributed by atoms with van der Waals surface area (Å²) in [6.45, 7) is 4.62. The highest BCUT2D eigenvalue weighted by atomic mass is 32.2. The van der Waals surface area contributed by atoms with Gasteiger partial charge in [-0.3, -0.25) is 0 Å². The lowest BCUT2D eigenvalue weighted by atomic mass is 10.2. The standard InChI is InChI=1S/C7H15S/c1-4-6-7(5-2)8(6)3/h6-7H,4-5H2,1-3H3/q+1. The molecule has 0 N–H and O–H groups in total. The predicted octanol–water partition coefficient (Wildman–Crippen LogP) is 1.81. The fourth-order valence-corrected chi connectivity index (χ4v) is 4.10. The minimum absolute atomic E-state index is 0.813. The molecule has 0 nitrogen and oxygen atoms in total. The molecule has 0 aromatic rings. The van der Waals surface area contributed by atoms with E-state index in [0.717, 1.165) is 21.4 Å². The largest absolute Gasteiger partial charge is 0.165 e. The van der Waals surface area contributed by atoms with Crippen LogP contribution < -0.4 is 0 Å². The van der Waals surface area contributed by atoms with E-state index in [2.05, 4.69) is 20.1 Å². The van der Waals surface area contributed by atoms with E-state index in [-0.39, 0.29) is 0 Å². The lowest BCUT2D eigenvalue weighted by Crippen LogP contribution is -1.87. The van der Waals surface area contributed by atoms with Crippen LogP contribution in [-0.2, 0) is 10.9 Å². The van der Waals surface area contributed by atoms with Crippen LogP contribution in [0.2, 0.25) is 0 Å². The molecule has 0 radical (unpaired) electrons. The van der Waals surface area contributed by atoms with E-state index < -0.39 is 0 Å². The predicted molar refractivity (Wildman–Crippen MR) is 41.4 cm³/mol. The summed E-state index contributed by atoms with van der Waals surface area (Å²) >= 11 is 0. The minimum atomic E-state index is 0.813. The molecule has 0 aromatic heterocycles. The van der Waals surface area contributed by atoms with Crippen molar-refractivity contribution in [3.05, 3.63) is 0 Å². The lowest BCUT2D eigenvalue weighted by molar-refractivity contribution is 0.817.